The Morgan fingerprint density at radius 1 is 1.14 bits per heavy atom. The molecule has 2 aromatic heterocycles. The highest BCUT2D eigenvalue weighted by atomic mass is 35.5. The Kier molecular flexibility index (Phi) is 7.69. The average Bonchev–Trinajstić information content (AvgIpc) is 3.52. The number of piperidine rings is 1. The molecule has 43 heavy (non-hydrogen) atoms. The Labute approximate surface area is 251 Å². The van der Waals surface area contributed by atoms with Crippen molar-refractivity contribution in [2.75, 3.05) is 24.6 Å². The molecule has 4 heterocycles. The number of rotatable bonds is 8. The van der Waals surface area contributed by atoms with E-state index in [0.29, 0.717) is 25.2 Å². The van der Waals surface area contributed by atoms with Gasteiger partial charge in [0.1, 0.15) is 18.2 Å². The molecule has 2 atom stereocenters. The van der Waals surface area contributed by atoms with Crippen LogP contribution in [-0.2, 0) is 17.9 Å². The fourth-order valence-corrected chi connectivity index (χ4v) is 6.37. The molecular formula is C30H31ClF2N6O4. The number of ether oxygens (including phenoxy) is 2. The smallest absolute Gasteiger partial charge is 0.335 e. The first-order chi connectivity index (χ1) is 20.3. The molecule has 3 fully saturated rings. The third-order valence-electron chi connectivity index (χ3n) is 8.84. The monoisotopic (exact) mass is 612 g/mol. The van der Waals surface area contributed by atoms with Crippen LogP contribution < -0.4 is 15.8 Å². The summed E-state index contributed by atoms with van der Waals surface area (Å²) in [4.78, 5) is 26.7. The summed E-state index contributed by atoms with van der Waals surface area (Å²) in [7, 11) is 0. The van der Waals surface area contributed by atoms with Crippen LogP contribution in [0.15, 0.2) is 42.6 Å². The molecule has 0 amide bonds. The Morgan fingerprint density at radius 2 is 1.93 bits per heavy atom. The molecule has 2 aromatic carbocycles. The van der Waals surface area contributed by atoms with Crippen molar-refractivity contribution in [3.63, 3.8) is 0 Å². The van der Waals surface area contributed by atoms with Gasteiger partial charge < -0.3 is 30.2 Å². The molecule has 2 saturated heterocycles. The van der Waals surface area contributed by atoms with Crippen molar-refractivity contribution >= 4 is 34.4 Å². The van der Waals surface area contributed by atoms with Crippen LogP contribution in [0.2, 0.25) is 5.02 Å². The molecule has 7 rings (SSSR count). The van der Waals surface area contributed by atoms with Crippen molar-refractivity contribution in [1.29, 1.82) is 0 Å². The molecule has 1 aliphatic carbocycles. The first-order valence-corrected chi connectivity index (χ1v) is 14.4. The van der Waals surface area contributed by atoms with Crippen LogP contribution in [0.25, 0.3) is 11.0 Å². The summed E-state index contributed by atoms with van der Waals surface area (Å²) in [6.45, 7) is 2.47. The number of carboxylic acids is 1. The number of carboxylic acid groups (broad SMARTS) is 1. The van der Waals surface area contributed by atoms with E-state index in [1.165, 1.54) is 12.1 Å². The van der Waals surface area contributed by atoms with E-state index in [9.17, 15) is 18.7 Å². The normalized spacial score (nSPS) is 20.5. The lowest BCUT2D eigenvalue weighted by molar-refractivity contribution is -0.0590. The van der Waals surface area contributed by atoms with E-state index < -0.39 is 17.6 Å². The Balaban J connectivity index is 0.00000329. The largest absolute Gasteiger partial charge is 0.478 e. The van der Waals surface area contributed by atoms with Crippen molar-refractivity contribution in [2.45, 2.75) is 50.9 Å². The Hall–Kier alpha value is -3.87. The number of hydrogen-bond donors (Lipinski definition) is 2. The van der Waals surface area contributed by atoms with Crippen LogP contribution in [-0.4, -0.2) is 56.4 Å². The lowest BCUT2D eigenvalue weighted by Crippen LogP contribution is -2.36. The van der Waals surface area contributed by atoms with Gasteiger partial charge in [-0.2, -0.15) is 4.98 Å². The summed E-state index contributed by atoms with van der Waals surface area (Å²) in [6.07, 6.45) is 4.77. The maximum Gasteiger partial charge on any atom is 0.335 e. The van der Waals surface area contributed by atoms with Crippen LogP contribution in [0.1, 0.15) is 53.3 Å². The van der Waals surface area contributed by atoms with Gasteiger partial charge in [-0.15, -0.1) is 0 Å². The summed E-state index contributed by atoms with van der Waals surface area (Å²) >= 11 is 5.82. The number of fused-ring (bicyclic) bond motifs is 1. The maximum absolute atomic E-state index is 14.8. The standard InChI is InChI=1S/C30H28ClF2N5O4.H3N/c31-19-3-1-18(22(32)12-19)16-42-29-34-14-23(33)27(36-29)37-8-6-30(7-9-37)13-21(30)26-35-24-4-2-17(28(39)40)11-25(24)38(26)15-20-5-10-41-20;/h1-4,11-12,14,20-21H,5-10,13,15-16H2,(H,39,40);1H3/t20-,21?;/m0./s1. The molecule has 226 valence electrons. The maximum atomic E-state index is 14.8. The van der Waals surface area contributed by atoms with Gasteiger partial charge in [-0.05, 0) is 61.4 Å². The van der Waals surface area contributed by atoms with Crippen molar-refractivity contribution in [2.24, 2.45) is 5.41 Å². The topological polar surface area (TPSA) is 138 Å². The molecule has 2 aliphatic heterocycles. The number of aromatic carboxylic acids is 1. The highest BCUT2D eigenvalue weighted by Crippen LogP contribution is 2.65. The van der Waals surface area contributed by atoms with Gasteiger partial charge in [0.15, 0.2) is 11.6 Å². The van der Waals surface area contributed by atoms with Gasteiger partial charge in [-0.25, -0.2) is 23.5 Å². The molecule has 10 nitrogen and oxygen atoms in total. The number of nitrogens with zero attached hydrogens (tertiary/aromatic N) is 5. The van der Waals surface area contributed by atoms with E-state index in [4.69, 9.17) is 26.1 Å². The third kappa shape index (κ3) is 5.50. The summed E-state index contributed by atoms with van der Waals surface area (Å²) in [5.74, 6) is -0.650. The predicted octanol–water partition coefficient (Wildman–Crippen LogP) is 5.76. The first kappa shape index (κ1) is 29.2. The fraction of sp³-hybridized carbons (Fsp3) is 0.400. The zero-order valence-corrected chi connectivity index (χ0v) is 24.1. The molecule has 3 aliphatic rings. The highest BCUT2D eigenvalue weighted by molar-refractivity contribution is 6.30. The number of carbonyl (C=O) groups is 1. The quantitative estimate of drug-likeness (QED) is 0.254. The van der Waals surface area contributed by atoms with Crippen molar-refractivity contribution in [3.05, 3.63) is 76.2 Å². The molecule has 0 radical (unpaired) electrons. The number of imidazole rings is 1. The Morgan fingerprint density at radius 3 is 2.63 bits per heavy atom. The average molecular weight is 613 g/mol. The van der Waals surface area contributed by atoms with Crippen LogP contribution in [0.5, 0.6) is 6.01 Å². The first-order valence-electron chi connectivity index (χ1n) is 14.0. The van der Waals surface area contributed by atoms with E-state index in [1.807, 2.05) is 4.90 Å². The molecular weight excluding hydrogens is 582 g/mol. The second-order valence-electron chi connectivity index (χ2n) is 11.3. The second-order valence-corrected chi connectivity index (χ2v) is 11.8. The number of hydrogen-bond acceptors (Lipinski definition) is 8. The van der Waals surface area contributed by atoms with Crippen molar-refractivity contribution in [1.82, 2.24) is 25.7 Å². The van der Waals surface area contributed by atoms with Gasteiger partial charge in [-0.3, -0.25) is 0 Å². The fourth-order valence-electron chi connectivity index (χ4n) is 6.21. The van der Waals surface area contributed by atoms with E-state index in [1.54, 1.807) is 24.3 Å². The molecule has 4 aromatic rings. The third-order valence-corrected chi connectivity index (χ3v) is 9.07. The van der Waals surface area contributed by atoms with Crippen LogP contribution in [0, 0.1) is 17.0 Å². The highest BCUT2D eigenvalue weighted by Gasteiger charge is 2.57. The minimum absolute atomic E-state index is 0. The van der Waals surface area contributed by atoms with E-state index in [0.717, 1.165) is 55.3 Å². The lowest BCUT2D eigenvalue weighted by atomic mass is 9.90. The van der Waals surface area contributed by atoms with Crippen LogP contribution in [0.4, 0.5) is 14.6 Å². The van der Waals surface area contributed by atoms with Gasteiger partial charge >= 0.3 is 12.0 Å². The minimum Gasteiger partial charge on any atom is -0.478 e. The molecule has 4 N–H and O–H groups in total. The van der Waals surface area contributed by atoms with Gasteiger partial charge in [-0.1, -0.05) is 17.7 Å². The number of anilines is 1. The van der Waals surface area contributed by atoms with Crippen molar-refractivity contribution in [3.8, 4) is 6.01 Å². The summed E-state index contributed by atoms with van der Waals surface area (Å²) in [5.41, 5.74) is 2.16. The summed E-state index contributed by atoms with van der Waals surface area (Å²) in [6, 6.07) is 9.33. The SMILES string of the molecule is N.O=C(O)c1ccc2nc(C3CC34CCN(c3nc(OCc5ccc(Cl)cc5F)ncc3F)CC4)n(C[C@@H]3CCO3)c2c1. The van der Waals surface area contributed by atoms with Gasteiger partial charge in [0.25, 0.3) is 0 Å². The van der Waals surface area contributed by atoms with E-state index in [2.05, 4.69) is 14.5 Å². The lowest BCUT2D eigenvalue weighted by Gasteiger charge is -2.34. The molecule has 1 saturated carbocycles. The van der Waals surface area contributed by atoms with Crippen molar-refractivity contribution < 1.29 is 28.2 Å². The zero-order chi connectivity index (χ0) is 29.0. The van der Waals surface area contributed by atoms with Crippen LogP contribution >= 0.6 is 11.6 Å². The summed E-state index contributed by atoms with van der Waals surface area (Å²) in [5, 5.41) is 9.82. The second kappa shape index (κ2) is 11.3. The molecule has 13 heteroatoms. The van der Waals surface area contributed by atoms with Gasteiger partial charge in [0, 0.05) is 36.2 Å². The molecule has 1 unspecified atom stereocenters. The minimum atomic E-state index is -0.969. The number of halogens is 3. The van der Waals surface area contributed by atoms with Gasteiger partial charge in [0.05, 0.1) is 35.4 Å². The molecule has 1 spiro atoms. The van der Waals surface area contributed by atoms with E-state index >= 15 is 0 Å². The molecule has 0 bridgehead atoms. The number of benzene rings is 2. The van der Waals surface area contributed by atoms with Gasteiger partial charge in [0.2, 0.25) is 0 Å². The van der Waals surface area contributed by atoms with E-state index in [-0.39, 0.29) is 52.6 Å². The summed E-state index contributed by atoms with van der Waals surface area (Å²) < 4.78 is 42.4. The van der Waals surface area contributed by atoms with Crippen LogP contribution in [0.3, 0.4) is 0 Å². The number of aromatic nitrogens is 4. The predicted molar refractivity (Wildman–Crippen MR) is 155 cm³/mol. The Bertz CT molecular complexity index is 1690. The zero-order valence-electron chi connectivity index (χ0n) is 23.3.